The molecule has 0 radical (unpaired) electrons. The number of hydrogen-bond acceptors (Lipinski definition) is 9. The second kappa shape index (κ2) is 11.9. The van der Waals surface area contributed by atoms with Gasteiger partial charge in [0.15, 0.2) is 11.5 Å². The number of fused-ring (bicyclic) bond motifs is 9. The molecule has 4 aliphatic heterocycles. The van der Waals surface area contributed by atoms with Gasteiger partial charge in [0.05, 0.1) is 36.7 Å². The van der Waals surface area contributed by atoms with Gasteiger partial charge in [0.2, 0.25) is 5.91 Å². The lowest BCUT2D eigenvalue weighted by molar-refractivity contribution is -0.123. The summed E-state index contributed by atoms with van der Waals surface area (Å²) in [6.07, 6.45) is 2.18. The van der Waals surface area contributed by atoms with Crippen LogP contribution in [0.2, 0.25) is 0 Å². The molecular weight excluding hydrogens is 572 g/mol. The fourth-order valence-electron chi connectivity index (χ4n) is 6.90. The van der Waals surface area contributed by atoms with Crippen LogP contribution >= 0.6 is 0 Å². The molecule has 12 nitrogen and oxygen atoms in total. The van der Waals surface area contributed by atoms with Gasteiger partial charge in [-0.05, 0) is 26.3 Å². The molecule has 232 valence electrons. The van der Waals surface area contributed by atoms with Gasteiger partial charge in [0, 0.05) is 55.2 Å². The monoisotopic (exact) mass is 608 g/mol. The topological polar surface area (TPSA) is 138 Å². The van der Waals surface area contributed by atoms with E-state index in [0.717, 1.165) is 28.3 Å². The highest BCUT2D eigenvalue weighted by Crippen LogP contribution is 2.52. The number of likely N-dealkylation sites (tertiary alicyclic amines) is 1. The van der Waals surface area contributed by atoms with Crippen molar-refractivity contribution in [3.05, 3.63) is 83.1 Å². The van der Waals surface area contributed by atoms with Crippen molar-refractivity contribution in [2.75, 3.05) is 45.9 Å². The minimum absolute atomic E-state index is 0.0538. The molecule has 1 fully saturated rings. The van der Waals surface area contributed by atoms with Crippen molar-refractivity contribution in [3.63, 3.8) is 0 Å². The zero-order valence-corrected chi connectivity index (χ0v) is 25.5. The third-order valence-electron chi connectivity index (χ3n) is 9.19. The maximum atomic E-state index is 13.9. The molecule has 8 rings (SSSR count). The molecule has 45 heavy (non-hydrogen) atoms. The summed E-state index contributed by atoms with van der Waals surface area (Å²) in [5.74, 6) is 1.16. The molecule has 2 aromatic carbocycles. The molecule has 2 aromatic heterocycles. The summed E-state index contributed by atoms with van der Waals surface area (Å²) in [6.45, 7) is 7.00. The molecule has 0 unspecified atom stereocenters. The SMILES string of the molecule is Cc1ncnc(C)c1C(=O)N1C[C@H]2c3cccc4c3OC[C@@]2(CNC(=O)CN(Cc2n[nH]nc2-c2ccccc2)CCCO4)C1. The Morgan fingerprint density at radius 3 is 2.69 bits per heavy atom. The number of aryl methyl sites for hydroxylation is 2. The minimum atomic E-state index is -0.518. The first kappa shape index (κ1) is 28.9. The Kier molecular flexibility index (Phi) is 7.66. The molecule has 1 spiro atoms. The smallest absolute Gasteiger partial charge is 0.257 e. The molecule has 0 aliphatic carbocycles. The lowest BCUT2D eigenvalue weighted by atomic mass is 9.73. The summed E-state index contributed by atoms with van der Waals surface area (Å²) < 4.78 is 12.7. The molecule has 2 N–H and O–H groups in total. The molecule has 2 amide bonds. The van der Waals surface area contributed by atoms with E-state index in [1.165, 1.54) is 6.33 Å². The van der Waals surface area contributed by atoms with Gasteiger partial charge in [-0.3, -0.25) is 14.5 Å². The zero-order valence-electron chi connectivity index (χ0n) is 25.5. The van der Waals surface area contributed by atoms with E-state index in [-0.39, 0.29) is 24.3 Å². The summed E-state index contributed by atoms with van der Waals surface area (Å²) in [5.41, 5.74) is 4.82. The number of carbonyl (C=O) groups is 2. The quantitative estimate of drug-likeness (QED) is 0.358. The van der Waals surface area contributed by atoms with Gasteiger partial charge >= 0.3 is 0 Å². The molecule has 2 atom stereocenters. The summed E-state index contributed by atoms with van der Waals surface area (Å²) in [6, 6.07) is 15.8. The number of ether oxygens (including phenoxy) is 2. The van der Waals surface area contributed by atoms with Crippen LogP contribution in [0.1, 0.15) is 45.3 Å². The van der Waals surface area contributed by atoms with Gasteiger partial charge in [-0.15, -0.1) is 0 Å². The highest BCUT2D eigenvalue weighted by atomic mass is 16.5. The van der Waals surface area contributed by atoms with E-state index in [0.29, 0.717) is 75.1 Å². The van der Waals surface area contributed by atoms with E-state index < -0.39 is 5.41 Å². The average Bonchev–Trinajstić information content (AvgIpc) is 3.67. The van der Waals surface area contributed by atoms with Crippen LogP contribution in [0.5, 0.6) is 11.5 Å². The molecule has 4 aromatic rings. The predicted octanol–water partition coefficient (Wildman–Crippen LogP) is 2.90. The van der Waals surface area contributed by atoms with Crippen LogP contribution in [0.15, 0.2) is 54.9 Å². The summed E-state index contributed by atoms with van der Waals surface area (Å²) in [4.78, 5) is 39.9. The first-order chi connectivity index (χ1) is 21.9. The van der Waals surface area contributed by atoms with Gasteiger partial charge in [0.25, 0.3) is 5.91 Å². The van der Waals surface area contributed by atoms with Crippen molar-refractivity contribution >= 4 is 11.8 Å². The Morgan fingerprint density at radius 2 is 1.87 bits per heavy atom. The fourth-order valence-corrected chi connectivity index (χ4v) is 6.90. The number of rotatable bonds is 4. The Balaban J connectivity index is 1.16. The van der Waals surface area contributed by atoms with Crippen LogP contribution in [0.25, 0.3) is 11.3 Å². The number of amides is 2. The lowest BCUT2D eigenvalue weighted by Crippen LogP contribution is -2.50. The maximum absolute atomic E-state index is 13.9. The van der Waals surface area contributed by atoms with Crippen LogP contribution in [0, 0.1) is 19.3 Å². The van der Waals surface area contributed by atoms with Crippen molar-refractivity contribution in [2.24, 2.45) is 5.41 Å². The van der Waals surface area contributed by atoms with Crippen molar-refractivity contribution in [1.82, 2.24) is 40.5 Å². The molecule has 4 bridgehead atoms. The second-order valence-corrected chi connectivity index (χ2v) is 12.2. The third kappa shape index (κ3) is 5.50. The van der Waals surface area contributed by atoms with Crippen LogP contribution in [-0.4, -0.2) is 92.9 Å². The zero-order chi connectivity index (χ0) is 31.0. The second-order valence-electron chi connectivity index (χ2n) is 12.2. The number of hydrogen-bond donors (Lipinski definition) is 2. The molecular formula is C33H36N8O4. The lowest BCUT2D eigenvalue weighted by Gasteiger charge is -2.40. The van der Waals surface area contributed by atoms with Gasteiger partial charge in [-0.1, -0.05) is 42.5 Å². The van der Waals surface area contributed by atoms with Crippen molar-refractivity contribution in [3.8, 4) is 22.8 Å². The van der Waals surface area contributed by atoms with E-state index in [1.54, 1.807) is 0 Å². The number of para-hydroxylation sites is 1. The number of H-pyrrole nitrogens is 1. The van der Waals surface area contributed by atoms with E-state index in [9.17, 15) is 9.59 Å². The molecule has 6 heterocycles. The number of nitrogens with zero attached hydrogens (tertiary/aromatic N) is 6. The minimum Gasteiger partial charge on any atom is -0.490 e. The molecule has 12 heteroatoms. The molecule has 1 saturated heterocycles. The highest BCUT2D eigenvalue weighted by Gasteiger charge is 2.53. The molecule has 0 saturated carbocycles. The van der Waals surface area contributed by atoms with E-state index >= 15 is 0 Å². The van der Waals surface area contributed by atoms with Crippen molar-refractivity contribution in [1.29, 1.82) is 0 Å². The van der Waals surface area contributed by atoms with E-state index in [4.69, 9.17) is 9.47 Å². The first-order valence-electron chi connectivity index (χ1n) is 15.3. The summed E-state index contributed by atoms with van der Waals surface area (Å²) >= 11 is 0. The standard InChI is InChI=1S/C33H36N8O4/c1-21-29(22(2)36-20-35-21)32(43)41-14-25-24-10-6-11-27-31(24)45-19-33(25,18-41)17-34-28(42)16-40(12-7-13-44-27)15-26-30(38-39-37-26)23-8-4-3-5-9-23/h3-6,8-11,20,25H,7,12-19H2,1-2H3,(H,34,42)(H,37,38,39)/t25-,33+/m0/s1. The summed E-state index contributed by atoms with van der Waals surface area (Å²) in [5, 5.41) is 14.8. The number of aromatic amines is 1. The van der Waals surface area contributed by atoms with E-state index in [2.05, 4.69) is 41.7 Å². The van der Waals surface area contributed by atoms with Crippen molar-refractivity contribution < 1.29 is 19.1 Å². The van der Waals surface area contributed by atoms with Crippen LogP contribution < -0.4 is 14.8 Å². The average molecular weight is 609 g/mol. The number of aromatic nitrogens is 5. The van der Waals surface area contributed by atoms with Crippen LogP contribution in [0.3, 0.4) is 0 Å². The first-order valence-corrected chi connectivity index (χ1v) is 15.3. The Morgan fingerprint density at radius 1 is 1.04 bits per heavy atom. The maximum Gasteiger partial charge on any atom is 0.257 e. The van der Waals surface area contributed by atoms with Gasteiger partial charge < -0.3 is 19.7 Å². The Hall–Kier alpha value is -4.84. The third-order valence-corrected chi connectivity index (χ3v) is 9.19. The predicted molar refractivity (Wildman–Crippen MR) is 165 cm³/mol. The van der Waals surface area contributed by atoms with Crippen LogP contribution in [-0.2, 0) is 11.3 Å². The van der Waals surface area contributed by atoms with Crippen LogP contribution in [0.4, 0.5) is 0 Å². The molecule has 4 aliphatic rings. The number of nitrogens with one attached hydrogen (secondary N) is 2. The number of carbonyl (C=O) groups excluding carboxylic acids is 2. The highest BCUT2D eigenvalue weighted by molar-refractivity contribution is 5.96. The van der Waals surface area contributed by atoms with E-state index in [1.807, 2.05) is 61.2 Å². The van der Waals surface area contributed by atoms with Gasteiger partial charge in [-0.2, -0.15) is 15.4 Å². The number of benzene rings is 2. The van der Waals surface area contributed by atoms with Crippen molar-refractivity contribution in [2.45, 2.75) is 32.7 Å². The largest absolute Gasteiger partial charge is 0.490 e. The fraction of sp³-hybridized carbons (Fsp3) is 0.394. The van der Waals surface area contributed by atoms with Gasteiger partial charge in [0.1, 0.15) is 17.7 Å². The van der Waals surface area contributed by atoms with Gasteiger partial charge in [-0.25, -0.2) is 9.97 Å². The normalized spacial score (nSPS) is 21.8. The Labute approximate surface area is 261 Å². The summed E-state index contributed by atoms with van der Waals surface area (Å²) in [7, 11) is 0. The Bertz CT molecular complexity index is 1710.